The van der Waals surface area contributed by atoms with Crippen molar-refractivity contribution in [3.8, 4) is 0 Å². The van der Waals surface area contributed by atoms with Gasteiger partial charge in [0, 0.05) is 49.5 Å². The van der Waals surface area contributed by atoms with Crippen molar-refractivity contribution in [2.75, 3.05) is 43.5 Å². The van der Waals surface area contributed by atoms with Gasteiger partial charge in [-0.05, 0) is 54.3 Å². The standard InChI is InChI=1S/C26H33N3O4/c1-26(2,3)13-12-23(30)29-16-14-28(15-17-29)22-10-8-21(9-11-22)27-24(31)19-6-5-7-20(18-19)25(32)33-4/h5-11,18H,12-17H2,1-4H3,(H,27,31). The number of piperazine rings is 1. The van der Waals surface area contributed by atoms with Crippen molar-refractivity contribution < 1.29 is 19.1 Å². The molecule has 0 aliphatic carbocycles. The number of anilines is 2. The number of methoxy groups -OCH3 is 1. The fourth-order valence-corrected chi connectivity index (χ4v) is 3.72. The lowest BCUT2D eigenvalue weighted by Crippen LogP contribution is -2.48. The molecule has 0 bridgehead atoms. The zero-order valence-electron chi connectivity index (χ0n) is 19.9. The van der Waals surface area contributed by atoms with Crippen LogP contribution in [-0.2, 0) is 9.53 Å². The third-order valence-electron chi connectivity index (χ3n) is 5.76. The van der Waals surface area contributed by atoms with Gasteiger partial charge in [-0.15, -0.1) is 0 Å². The highest BCUT2D eigenvalue weighted by Crippen LogP contribution is 2.23. The van der Waals surface area contributed by atoms with Crippen LogP contribution in [0.1, 0.15) is 54.3 Å². The Hall–Kier alpha value is -3.35. The van der Waals surface area contributed by atoms with Crippen LogP contribution >= 0.6 is 0 Å². The van der Waals surface area contributed by atoms with Gasteiger partial charge < -0.3 is 19.9 Å². The Labute approximate surface area is 195 Å². The van der Waals surface area contributed by atoms with Gasteiger partial charge in [-0.25, -0.2) is 4.79 Å². The number of carbonyl (C=O) groups excluding carboxylic acids is 3. The fourth-order valence-electron chi connectivity index (χ4n) is 3.72. The molecular formula is C26H33N3O4. The minimum absolute atomic E-state index is 0.165. The van der Waals surface area contributed by atoms with E-state index in [1.54, 1.807) is 18.2 Å². The zero-order valence-corrected chi connectivity index (χ0v) is 19.9. The zero-order chi connectivity index (χ0) is 24.0. The highest BCUT2D eigenvalue weighted by atomic mass is 16.5. The minimum atomic E-state index is -0.481. The lowest BCUT2D eigenvalue weighted by Gasteiger charge is -2.36. The predicted molar refractivity (Wildman–Crippen MR) is 130 cm³/mol. The Kier molecular flexibility index (Phi) is 7.74. The van der Waals surface area contributed by atoms with Crippen molar-refractivity contribution >= 4 is 29.2 Å². The molecule has 1 aliphatic rings. The molecular weight excluding hydrogens is 418 g/mol. The van der Waals surface area contributed by atoms with Crippen molar-refractivity contribution in [3.63, 3.8) is 0 Å². The van der Waals surface area contributed by atoms with Crippen LogP contribution in [0, 0.1) is 5.41 Å². The van der Waals surface area contributed by atoms with Crippen LogP contribution < -0.4 is 10.2 Å². The van der Waals surface area contributed by atoms with E-state index in [-0.39, 0.29) is 17.2 Å². The third-order valence-corrected chi connectivity index (χ3v) is 5.76. The van der Waals surface area contributed by atoms with E-state index >= 15 is 0 Å². The van der Waals surface area contributed by atoms with Crippen molar-refractivity contribution in [3.05, 3.63) is 59.7 Å². The maximum Gasteiger partial charge on any atom is 0.337 e. The van der Waals surface area contributed by atoms with Gasteiger partial charge in [0.25, 0.3) is 5.91 Å². The maximum atomic E-state index is 12.6. The first-order valence-electron chi connectivity index (χ1n) is 11.3. The molecule has 3 rings (SSSR count). The Bertz CT molecular complexity index is 987. The summed E-state index contributed by atoms with van der Waals surface area (Å²) in [5.74, 6) is -0.542. The summed E-state index contributed by atoms with van der Waals surface area (Å²) in [7, 11) is 1.31. The second-order valence-electron chi connectivity index (χ2n) is 9.50. The fraction of sp³-hybridized carbons (Fsp3) is 0.423. The summed E-state index contributed by atoms with van der Waals surface area (Å²) in [6.07, 6.45) is 1.49. The molecule has 176 valence electrons. The second kappa shape index (κ2) is 10.5. The molecule has 1 aliphatic heterocycles. The number of rotatable bonds is 6. The van der Waals surface area contributed by atoms with Crippen molar-refractivity contribution in [1.29, 1.82) is 0 Å². The molecule has 2 aromatic rings. The van der Waals surface area contributed by atoms with Gasteiger partial charge in [0.15, 0.2) is 0 Å². The van der Waals surface area contributed by atoms with Gasteiger partial charge in [0.05, 0.1) is 12.7 Å². The van der Waals surface area contributed by atoms with Crippen LogP contribution in [0.5, 0.6) is 0 Å². The maximum absolute atomic E-state index is 12.6. The molecule has 0 aromatic heterocycles. The van der Waals surface area contributed by atoms with E-state index in [1.165, 1.54) is 13.2 Å². The summed E-state index contributed by atoms with van der Waals surface area (Å²) in [6, 6.07) is 14.1. The number of nitrogens with one attached hydrogen (secondary N) is 1. The summed E-state index contributed by atoms with van der Waals surface area (Å²) in [6.45, 7) is 9.48. The quantitative estimate of drug-likeness (QED) is 0.666. The first kappa shape index (κ1) is 24.3. The molecule has 1 heterocycles. The summed E-state index contributed by atoms with van der Waals surface area (Å²) in [5, 5.41) is 2.86. The monoisotopic (exact) mass is 451 g/mol. The predicted octanol–water partition coefficient (Wildman–Crippen LogP) is 4.20. The van der Waals surface area contributed by atoms with Crippen LogP contribution in [0.25, 0.3) is 0 Å². The van der Waals surface area contributed by atoms with E-state index < -0.39 is 5.97 Å². The van der Waals surface area contributed by atoms with Crippen LogP contribution in [0.15, 0.2) is 48.5 Å². The largest absolute Gasteiger partial charge is 0.465 e. The topological polar surface area (TPSA) is 79.0 Å². The van der Waals surface area contributed by atoms with Crippen LogP contribution in [0.4, 0.5) is 11.4 Å². The molecule has 0 atom stereocenters. The first-order chi connectivity index (χ1) is 15.7. The Morgan fingerprint density at radius 1 is 0.939 bits per heavy atom. The molecule has 1 N–H and O–H groups in total. The van der Waals surface area contributed by atoms with Gasteiger partial charge in [0.2, 0.25) is 5.91 Å². The molecule has 0 saturated carbocycles. The van der Waals surface area contributed by atoms with E-state index in [0.717, 1.165) is 38.3 Å². The average Bonchev–Trinajstić information content (AvgIpc) is 2.82. The Balaban J connectivity index is 1.53. The second-order valence-corrected chi connectivity index (χ2v) is 9.50. The normalized spacial score (nSPS) is 14.1. The van der Waals surface area contributed by atoms with E-state index in [1.807, 2.05) is 29.2 Å². The van der Waals surface area contributed by atoms with Crippen LogP contribution in [0.2, 0.25) is 0 Å². The number of benzene rings is 2. The highest BCUT2D eigenvalue weighted by Gasteiger charge is 2.22. The van der Waals surface area contributed by atoms with E-state index in [0.29, 0.717) is 23.2 Å². The van der Waals surface area contributed by atoms with E-state index in [2.05, 4.69) is 31.0 Å². The summed E-state index contributed by atoms with van der Waals surface area (Å²) in [4.78, 5) is 40.9. The van der Waals surface area contributed by atoms with E-state index in [9.17, 15) is 14.4 Å². The number of amides is 2. The molecule has 33 heavy (non-hydrogen) atoms. The van der Waals surface area contributed by atoms with E-state index in [4.69, 9.17) is 4.74 Å². The Morgan fingerprint density at radius 3 is 2.18 bits per heavy atom. The van der Waals surface area contributed by atoms with Crippen molar-refractivity contribution in [2.45, 2.75) is 33.6 Å². The SMILES string of the molecule is COC(=O)c1cccc(C(=O)Nc2ccc(N3CCN(C(=O)CCC(C)(C)C)CC3)cc2)c1. The van der Waals surface area contributed by atoms with Gasteiger partial charge in [0.1, 0.15) is 0 Å². The smallest absolute Gasteiger partial charge is 0.337 e. The van der Waals surface area contributed by atoms with Gasteiger partial charge in [-0.1, -0.05) is 26.8 Å². The number of hydrogen-bond donors (Lipinski definition) is 1. The number of ether oxygens (including phenoxy) is 1. The molecule has 0 unspecified atom stereocenters. The van der Waals surface area contributed by atoms with Gasteiger partial charge in [-0.2, -0.15) is 0 Å². The Morgan fingerprint density at radius 2 is 1.58 bits per heavy atom. The molecule has 2 amide bonds. The molecule has 7 nitrogen and oxygen atoms in total. The summed E-state index contributed by atoms with van der Waals surface area (Å²) in [5.41, 5.74) is 2.61. The third kappa shape index (κ3) is 6.81. The van der Waals surface area contributed by atoms with Gasteiger partial charge in [-0.3, -0.25) is 9.59 Å². The van der Waals surface area contributed by atoms with Crippen LogP contribution in [-0.4, -0.2) is 56.0 Å². The number of hydrogen-bond acceptors (Lipinski definition) is 5. The molecule has 0 spiro atoms. The number of carbonyl (C=O) groups is 3. The van der Waals surface area contributed by atoms with Crippen LogP contribution in [0.3, 0.4) is 0 Å². The number of nitrogens with zero attached hydrogens (tertiary/aromatic N) is 2. The molecule has 1 saturated heterocycles. The lowest BCUT2D eigenvalue weighted by atomic mass is 9.90. The highest BCUT2D eigenvalue weighted by molar-refractivity contribution is 6.05. The number of esters is 1. The molecule has 1 fully saturated rings. The lowest BCUT2D eigenvalue weighted by molar-refractivity contribution is -0.132. The average molecular weight is 452 g/mol. The first-order valence-corrected chi connectivity index (χ1v) is 11.3. The molecule has 0 radical (unpaired) electrons. The summed E-state index contributed by atoms with van der Waals surface area (Å²) < 4.78 is 4.71. The molecule has 7 heteroatoms. The van der Waals surface area contributed by atoms with Gasteiger partial charge >= 0.3 is 5.97 Å². The van der Waals surface area contributed by atoms with Crippen molar-refractivity contribution in [2.24, 2.45) is 5.41 Å². The summed E-state index contributed by atoms with van der Waals surface area (Å²) >= 11 is 0. The minimum Gasteiger partial charge on any atom is -0.465 e. The molecule has 2 aromatic carbocycles. The van der Waals surface area contributed by atoms with Crippen molar-refractivity contribution in [1.82, 2.24) is 4.90 Å².